The van der Waals surface area contributed by atoms with Crippen LogP contribution in [0.3, 0.4) is 0 Å². The molecule has 0 unspecified atom stereocenters. The van der Waals surface area contributed by atoms with E-state index < -0.39 is 0 Å². The molecule has 5 rings (SSSR count). The number of anilines is 1. The van der Waals surface area contributed by atoms with Crippen LogP contribution in [0.25, 0.3) is 22.1 Å². The second kappa shape index (κ2) is 7.20. The summed E-state index contributed by atoms with van der Waals surface area (Å²) in [6, 6.07) is 13.9. The van der Waals surface area contributed by atoms with Crippen LogP contribution in [0, 0.1) is 5.92 Å². The highest BCUT2D eigenvalue weighted by Crippen LogP contribution is 2.26. The highest BCUT2D eigenvalue weighted by atomic mass is 32.1. The molecule has 28 heavy (non-hydrogen) atoms. The lowest BCUT2D eigenvalue weighted by Gasteiger charge is -2.30. The Kier molecular flexibility index (Phi) is 4.40. The molecule has 1 aliphatic heterocycles. The molecule has 2 aromatic heterocycles. The first-order valence-electron chi connectivity index (χ1n) is 9.37. The van der Waals surface area contributed by atoms with Gasteiger partial charge in [-0.1, -0.05) is 12.1 Å². The number of fused-ring (bicyclic) bond motifs is 2. The zero-order chi connectivity index (χ0) is 18.9. The summed E-state index contributed by atoms with van der Waals surface area (Å²) in [5.74, 6) is 0.394. The molecule has 142 valence electrons. The van der Waals surface area contributed by atoms with E-state index in [0.717, 1.165) is 59.8 Å². The number of amides is 1. The number of hydrogen-bond donors (Lipinski definition) is 1. The van der Waals surface area contributed by atoms with E-state index in [2.05, 4.69) is 23.9 Å². The number of aromatic nitrogens is 3. The molecule has 4 aromatic rings. The second-order valence-corrected chi connectivity index (χ2v) is 7.60. The largest absolute Gasteiger partial charge is 0.423 e. The van der Waals surface area contributed by atoms with Gasteiger partial charge in [0.15, 0.2) is 5.58 Å². The van der Waals surface area contributed by atoms with Crippen molar-refractivity contribution in [1.29, 1.82) is 0 Å². The van der Waals surface area contributed by atoms with E-state index in [9.17, 15) is 4.79 Å². The molecule has 1 aliphatic rings. The Hall–Kier alpha value is -3.00. The summed E-state index contributed by atoms with van der Waals surface area (Å²) in [5, 5.41) is 3.06. The third kappa shape index (κ3) is 3.31. The van der Waals surface area contributed by atoms with Crippen LogP contribution in [-0.4, -0.2) is 39.3 Å². The molecule has 7 nitrogen and oxygen atoms in total. The third-order valence-corrected chi connectivity index (χ3v) is 5.79. The maximum Gasteiger partial charge on any atom is 0.298 e. The van der Waals surface area contributed by atoms with E-state index in [1.807, 2.05) is 30.3 Å². The Morgan fingerprint density at radius 1 is 1.11 bits per heavy atom. The number of benzene rings is 2. The van der Waals surface area contributed by atoms with E-state index >= 15 is 0 Å². The SMILES string of the molecule is O=C(NCC1CCN(c2nc3ccccc3o2)CC1)c1ccc2nsnc2c1. The van der Waals surface area contributed by atoms with Gasteiger partial charge in [-0.2, -0.15) is 13.7 Å². The highest BCUT2D eigenvalue weighted by molar-refractivity contribution is 7.00. The van der Waals surface area contributed by atoms with Crippen molar-refractivity contribution in [3.63, 3.8) is 0 Å². The van der Waals surface area contributed by atoms with Crippen molar-refractivity contribution in [2.45, 2.75) is 12.8 Å². The van der Waals surface area contributed by atoms with Crippen molar-refractivity contribution in [2.24, 2.45) is 5.92 Å². The molecule has 0 spiro atoms. The van der Waals surface area contributed by atoms with Gasteiger partial charge in [0.25, 0.3) is 11.9 Å². The quantitative estimate of drug-likeness (QED) is 0.571. The molecule has 8 heteroatoms. The molecule has 1 fully saturated rings. The van der Waals surface area contributed by atoms with Crippen molar-refractivity contribution in [1.82, 2.24) is 19.0 Å². The van der Waals surface area contributed by atoms with Crippen LogP contribution in [0.15, 0.2) is 46.9 Å². The Morgan fingerprint density at radius 2 is 1.93 bits per heavy atom. The molecule has 0 atom stereocenters. The predicted octanol–water partition coefficient (Wildman–Crippen LogP) is 3.48. The molecule has 1 amide bonds. The van der Waals surface area contributed by atoms with Gasteiger partial charge in [-0.3, -0.25) is 4.79 Å². The molecule has 0 radical (unpaired) electrons. The topological polar surface area (TPSA) is 84.2 Å². The van der Waals surface area contributed by atoms with Crippen LogP contribution in [-0.2, 0) is 0 Å². The fourth-order valence-electron chi connectivity index (χ4n) is 3.59. The Bertz CT molecular complexity index is 1100. The average Bonchev–Trinajstić information content (AvgIpc) is 3.38. The summed E-state index contributed by atoms with van der Waals surface area (Å²) in [6.45, 7) is 2.43. The maximum absolute atomic E-state index is 12.4. The third-order valence-electron chi connectivity index (χ3n) is 5.23. The van der Waals surface area contributed by atoms with Gasteiger partial charge in [-0.05, 0) is 49.1 Å². The van der Waals surface area contributed by atoms with E-state index in [0.29, 0.717) is 24.0 Å². The van der Waals surface area contributed by atoms with Crippen LogP contribution in [0.4, 0.5) is 6.01 Å². The first-order valence-corrected chi connectivity index (χ1v) is 10.1. The zero-order valence-electron chi connectivity index (χ0n) is 15.2. The number of para-hydroxylation sites is 2. The summed E-state index contributed by atoms with van der Waals surface area (Å²) in [7, 11) is 0. The molecule has 1 saturated heterocycles. The van der Waals surface area contributed by atoms with Gasteiger partial charge in [0.05, 0.1) is 11.7 Å². The molecule has 2 aromatic carbocycles. The fourth-order valence-corrected chi connectivity index (χ4v) is 4.10. The fraction of sp³-hybridized carbons (Fsp3) is 0.300. The van der Waals surface area contributed by atoms with Gasteiger partial charge in [-0.25, -0.2) is 0 Å². The highest BCUT2D eigenvalue weighted by Gasteiger charge is 2.23. The Balaban J connectivity index is 1.16. The molecule has 0 aliphatic carbocycles. The van der Waals surface area contributed by atoms with Gasteiger partial charge in [0.2, 0.25) is 0 Å². The van der Waals surface area contributed by atoms with Crippen LogP contribution < -0.4 is 10.2 Å². The molecular weight excluding hydrogens is 374 g/mol. The molecule has 0 bridgehead atoms. The Labute approximate surface area is 165 Å². The van der Waals surface area contributed by atoms with Gasteiger partial charge >= 0.3 is 0 Å². The van der Waals surface area contributed by atoms with Crippen molar-refractivity contribution in [3.05, 3.63) is 48.0 Å². The van der Waals surface area contributed by atoms with E-state index in [1.165, 1.54) is 0 Å². The standard InChI is InChI=1S/C20H19N5O2S/c26-19(14-5-6-15-17(11-14)24-28-23-15)21-12-13-7-9-25(10-8-13)20-22-16-3-1-2-4-18(16)27-20/h1-6,11,13H,7-10,12H2,(H,21,26). The second-order valence-electron chi connectivity index (χ2n) is 7.07. The maximum atomic E-state index is 12.4. The normalized spacial score (nSPS) is 15.4. The predicted molar refractivity (Wildman–Crippen MR) is 109 cm³/mol. The van der Waals surface area contributed by atoms with Gasteiger partial charge in [0.1, 0.15) is 16.6 Å². The molecule has 3 heterocycles. The summed E-state index contributed by atoms with van der Waals surface area (Å²) < 4.78 is 14.2. The summed E-state index contributed by atoms with van der Waals surface area (Å²) in [5.41, 5.74) is 3.93. The lowest BCUT2D eigenvalue weighted by atomic mass is 9.97. The van der Waals surface area contributed by atoms with Crippen LogP contribution in [0.5, 0.6) is 0 Å². The summed E-state index contributed by atoms with van der Waals surface area (Å²) >= 11 is 1.16. The number of carbonyl (C=O) groups is 1. The summed E-state index contributed by atoms with van der Waals surface area (Å²) in [4.78, 5) is 19.2. The summed E-state index contributed by atoms with van der Waals surface area (Å²) in [6.07, 6.45) is 1.99. The minimum atomic E-state index is -0.0590. The van der Waals surface area contributed by atoms with E-state index in [-0.39, 0.29) is 5.91 Å². The first-order chi connectivity index (χ1) is 13.8. The first kappa shape index (κ1) is 17.1. The van der Waals surface area contributed by atoms with Crippen molar-refractivity contribution in [2.75, 3.05) is 24.5 Å². The number of nitrogens with one attached hydrogen (secondary N) is 1. The monoisotopic (exact) mass is 393 g/mol. The van der Waals surface area contributed by atoms with Gasteiger partial charge < -0.3 is 14.6 Å². The number of nitrogens with zero attached hydrogens (tertiary/aromatic N) is 4. The van der Waals surface area contributed by atoms with Gasteiger partial charge in [0, 0.05) is 25.2 Å². The van der Waals surface area contributed by atoms with Gasteiger partial charge in [-0.15, -0.1) is 0 Å². The zero-order valence-corrected chi connectivity index (χ0v) is 16.0. The van der Waals surface area contributed by atoms with Crippen molar-refractivity contribution in [3.8, 4) is 0 Å². The lowest BCUT2D eigenvalue weighted by molar-refractivity contribution is 0.0945. The number of hydrogen-bond acceptors (Lipinski definition) is 7. The number of rotatable bonds is 4. The van der Waals surface area contributed by atoms with Crippen molar-refractivity contribution >= 4 is 45.8 Å². The lowest BCUT2D eigenvalue weighted by Crippen LogP contribution is -2.38. The molecule has 1 N–H and O–H groups in total. The van der Waals surface area contributed by atoms with E-state index in [4.69, 9.17) is 4.42 Å². The Morgan fingerprint density at radius 3 is 2.79 bits per heavy atom. The van der Waals surface area contributed by atoms with Crippen LogP contribution >= 0.6 is 11.7 Å². The molecule has 0 saturated carbocycles. The number of oxazole rings is 1. The number of carbonyl (C=O) groups excluding carboxylic acids is 1. The van der Waals surface area contributed by atoms with E-state index in [1.54, 1.807) is 12.1 Å². The number of piperidine rings is 1. The van der Waals surface area contributed by atoms with Crippen LogP contribution in [0.2, 0.25) is 0 Å². The minimum absolute atomic E-state index is 0.0590. The average molecular weight is 393 g/mol. The van der Waals surface area contributed by atoms with Crippen molar-refractivity contribution < 1.29 is 9.21 Å². The smallest absolute Gasteiger partial charge is 0.298 e. The minimum Gasteiger partial charge on any atom is -0.423 e. The molecular formula is C20H19N5O2S. The van der Waals surface area contributed by atoms with Crippen LogP contribution in [0.1, 0.15) is 23.2 Å².